The minimum absolute atomic E-state index is 0.122. The van der Waals surface area contributed by atoms with Crippen LogP contribution >= 0.6 is 0 Å². The van der Waals surface area contributed by atoms with Gasteiger partial charge in [-0.05, 0) is 36.6 Å². The molecule has 1 heterocycles. The van der Waals surface area contributed by atoms with Crippen LogP contribution in [0.25, 0.3) is 10.9 Å². The average Bonchev–Trinajstić information content (AvgIpc) is 3.11. The van der Waals surface area contributed by atoms with Crippen molar-refractivity contribution < 1.29 is 9.59 Å². The molecule has 148 valence electrons. The molecule has 0 radical (unpaired) electrons. The van der Waals surface area contributed by atoms with Gasteiger partial charge in [-0.2, -0.15) is 5.26 Å². The number of urea groups is 1. The lowest BCUT2D eigenvalue weighted by Crippen LogP contribution is -2.49. The van der Waals surface area contributed by atoms with Crippen LogP contribution in [0.3, 0.4) is 0 Å². The third-order valence-electron chi connectivity index (χ3n) is 4.78. The SMILES string of the molecule is Cc1cccc(C)c1NC(=O)NC(Cc1c[nH]c2ccccc12)C(=O)NCC#N. The maximum absolute atomic E-state index is 12.6. The average molecular weight is 389 g/mol. The highest BCUT2D eigenvalue weighted by Gasteiger charge is 2.23. The monoisotopic (exact) mass is 389 g/mol. The third-order valence-corrected chi connectivity index (χ3v) is 4.78. The Labute approximate surface area is 169 Å². The summed E-state index contributed by atoms with van der Waals surface area (Å²) < 4.78 is 0. The summed E-state index contributed by atoms with van der Waals surface area (Å²) in [5, 5.41) is 17.9. The van der Waals surface area contributed by atoms with Gasteiger partial charge in [0.2, 0.25) is 5.91 Å². The van der Waals surface area contributed by atoms with Gasteiger partial charge in [-0.25, -0.2) is 4.79 Å². The van der Waals surface area contributed by atoms with Crippen LogP contribution in [0.15, 0.2) is 48.7 Å². The smallest absolute Gasteiger partial charge is 0.319 e. The molecule has 2 aromatic carbocycles. The number of nitrogens with one attached hydrogen (secondary N) is 4. The number of nitriles is 1. The first-order valence-corrected chi connectivity index (χ1v) is 9.33. The van der Waals surface area contributed by atoms with E-state index in [-0.39, 0.29) is 6.54 Å². The Morgan fingerprint density at radius 2 is 1.83 bits per heavy atom. The van der Waals surface area contributed by atoms with E-state index in [0.29, 0.717) is 12.1 Å². The van der Waals surface area contributed by atoms with Crippen molar-refractivity contribution in [3.63, 3.8) is 0 Å². The number of carbonyl (C=O) groups excluding carboxylic acids is 2. The molecular formula is C22H23N5O2. The van der Waals surface area contributed by atoms with Crippen LogP contribution in [0.1, 0.15) is 16.7 Å². The molecule has 29 heavy (non-hydrogen) atoms. The Balaban J connectivity index is 1.79. The van der Waals surface area contributed by atoms with E-state index in [4.69, 9.17) is 5.26 Å². The summed E-state index contributed by atoms with van der Waals surface area (Å²) in [6, 6.07) is 14.1. The number of H-pyrrole nitrogens is 1. The van der Waals surface area contributed by atoms with Gasteiger partial charge >= 0.3 is 6.03 Å². The summed E-state index contributed by atoms with van der Waals surface area (Å²) >= 11 is 0. The number of nitrogens with zero attached hydrogens (tertiary/aromatic N) is 1. The standard InChI is InChI=1S/C22H23N5O2/c1-14-6-5-7-15(2)20(14)27-22(29)26-19(21(28)24-11-10-23)12-16-13-25-18-9-4-3-8-17(16)18/h3-9,13,19,25H,11-12H2,1-2H3,(H,24,28)(H2,26,27,29). The molecule has 0 aliphatic heterocycles. The number of amides is 3. The molecule has 1 atom stereocenters. The van der Waals surface area contributed by atoms with E-state index in [2.05, 4.69) is 20.9 Å². The number of anilines is 1. The van der Waals surface area contributed by atoms with Crippen LogP contribution in [0.4, 0.5) is 10.5 Å². The fraction of sp³-hybridized carbons (Fsp3) is 0.227. The fourth-order valence-corrected chi connectivity index (χ4v) is 3.30. The van der Waals surface area contributed by atoms with E-state index in [9.17, 15) is 9.59 Å². The first-order chi connectivity index (χ1) is 14.0. The zero-order valence-electron chi connectivity index (χ0n) is 16.4. The molecule has 1 aromatic heterocycles. The second-order valence-electron chi connectivity index (χ2n) is 6.86. The number of fused-ring (bicyclic) bond motifs is 1. The Kier molecular flexibility index (Phi) is 6.15. The number of aromatic nitrogens is 1. The molecule has 3 aromatic rings. The van der Waals surface area contributed by atoms with Gasteiger partial charge in [0.25, 0.3) is 0 Å². The van der Waals surface area contributed by atoms with Crippen molar-refractivity contribution in [3.05, 3.63) is 65.4 Å². The number of aromatic amines is 1. The molecule has 7 heteroatoms. The fourth-order valence-electron chi connectivity index (χ4n) is 3.30. The topological polar surface area (TPSA) is 110 Å². The van der Waals surface area contributed by atoms with Gasteiger partial charge in [-0.1, -0.05) is 36.4 Å². The van der Waals surface area contributed by atoms with E-state index in [1.807, 2.05) is 68.6 Å². The molecular weight excluding hydrogens is 366 g/mol. The molecule has 3 rings (SSSR count). The maximum atomic E-state index is 12.6. The van der Waals surface area contributed by atoms with Crippen LogP contribution in [-0.2, 0) is 11.2 Å². The Morgan fingerprint density at radius 3 is 2.55 bits per heavy atom. The summed E-state index contributed by atoms with van der Waals surface area (Å²) in [5.74, 6) is -0.409. The third kappa shape index (κ3) is 4.74. The summed E-state index contributed by atoms with van der Waals surface area (Å²) in [6.45, 7) is 3.70. The van der Waals surface area contributed by atoms with E-state index >= 15 is 0 Å². The maximum Gasteiger partial charge on any atom is 0.319 e. The summed E-state index contributed by atoms with van der Waals surface area (Å²) in [7, 11) is 0. The molecule has 0 saturated heterocycles. The van der Waals surface area contributed by atoms with Gasteiger partial charge in [0.1, 0.15) is 12.6 Å². The second-order valence-corrected chi connectivity index (χ2v) is 6.86. The lowest BCUT2D eigenvalue weighted by atomic mass is 10.0. The Morgan fingerprint density at radius 1 is 1.10 bits per heavy atom. The first-order valence-electron chi connectivity index (χ1n) is 9.33. The van der Waals surface area contributed by atoms with Crippen molar-refractivity contribution in [1.82, 2.24) is 15.6 Å². The quantitative estimate of drug-likeness (QED) is 0.486. The molecule has 0 spiro atoms. The summed E-state index contributed by atoms with van der Waals surface area (Å²) in [6.07, 6.45) is 2.13. The summed E-state index contributed by atoms with van der Waals surface area (Å²) in [4.78, 5) is 28.4. The minimum atomic E-state index is -0.827. The number of hydrogen-bond acceptors (Lipinski definition) is 3. The predicted molar refractivity (Wildman–Crippen MR) is 112 cm³/mol. The highest BCUT2D eigenvalue weighted by molar-refractivity contribution is 5.95. The zero-order chi connectivity index (χ0) is 20.8. The molecule has 4 N–H and O–H groups in total. The number of rotatable bonds is 6. The van der Waals surface area contributed by atoms with Crippen LogP contribution in [-0.4, -0.2) is 29.5 Å². The Hall–Kier alpha value is -3.79. The number of para-hydroxylation sites is 2. The highest BCUT2D eigenvalue weighted by atomic mass is 16.2. The van der Waals surface area contributed by atoms with E-state index in [0.717, 1.165) is 27.6 Å². The molecule has 3 amide bonds. The summed E-state index contributed by atoms with van der Waals surface area (Å²) in [5.41, 5.74) is 4.45. The second kappa shape index (κ2) is 8.93. The van der Waals surface area contributed by atoms with E-state index in [1.54, 1.807) is 0 Å². The molecule has 7 nitrogen and oxygen atoms in total. The predicted octanol–water partition coefficient (Wildman–Crippen LogP) is 3.16. The Bertz CT molecular complexity index is 1060. The van der Waals surface area contributed by atoms with Crippen LogP contribution < -0.4 is 16.0 Å². The lowest BCUT2D eigenvalue weighted by molar-refractivity contribution is -0.122. The normalized spacial score (nSPS) is 11.5. The van der Waals surface area contributed by atoms with E-state index < -0.39 is 18.0 Å². The van der Waals surface area contributed by atoms with Crippen molar-refractivity contribution in [2.75, 3.05) is 11.9 Å². The van der Waals surface area contributed by atoms with Gasteiger partial charge in [0, 0.05) is 29.2 Å². The van der Waals surface area contributed by atoms with Crippen molar-refractivity contribution in [1.29, 1.82) is 5.26 Å². The lowest BCUT2D eigenvalue weighted by Gasteiger charge is -2.19. The number of carbonyl (C=O) groups is 2. The minimum Gasteiger partial charge on any atom is -0.361 e. The van der Waals surface area contributed by atoms with Crippen LogP contribution in [0, 0.1) is 25.2 Å². The number of aryl methyl sites for hydroxylation is 2. The molecule has 0 saturated carbocycles. The van der Waals surface area contributed by atoms with Gasteiger partial charge in [-0.15, -0.1) is 0 Å². The highest BCUT2D eigenvalue weighted by Crippen LogP contribution is 2.21. The van der Waals surface area contributed by atoms with Crippen molar-refractivity contribution in [3.8, 4) is 6.07 Å². The van der Waals surface area contributed by atoms with E-state index in [1.165, 1.54) is 0 Å². The first kappa shape index (κ1) is 20.0. The largest absolute Gasteiger partial charge is 0.361 e. The van der Waals surface area contributed by atoms with Crippen molar-refractivity contribution >= 4 is 28.5 Å². The number of hydrogen-bond donors (Lipinski definition) is 4. The molecule has 0 aliphatic rings. The zero-order valence-corrected chi connectivity index (χ0v) is 16.4. The van der Waals surface area contributed by atoms with Gasteiger partial charge < -0.3 is 20.9 Å². The van der Waals surface area contributed by atoms with Gasteiger partial charge in [0.15, 0.2) is 0 Å². The van der Waals surface area contributed by atoms with Crippen LogP contribution in [0.2, 0.25) is 0 Å². The van der Waals surface area contributed by atoms with Crippen LogP contribution in [0.5, 0.6) is 0 Å². The molecule has 0 fully saturated rings. The molecule has 0 aliphatic carbocycles. The molecule has 1 unspecified atom stereocenters. The molecule has 0 bridgehead atoms. The van der Waals surface area contributed by atoms with Gasteiger partial charge in [-0.3, -0.25) is 4.79 Å². The number of benzene rings is 2. The van der Waals surface area contributed by atoms with Crippen molar-refractivity contribution in [2.45, 2.75) is 26.3 Å². The van der Waals surface area contributed by atoms with Gasteiger partial charge in [0.05, 0.1) is 6.07 Å². The van der Waals surface area contributed by atoms with Crippen molar-refractivity contribution in [2.24, 2.45) is 0 Å².